The molecular weight excluding hydrogens is 172 g/mol. The highest BCUT2D eigenvalue weighted by Gasteiger charge is 2.14. The van der Waals surface area contributed by atoms with Crippen LogP contribution >= 0.6 is 11.8 Å². The molecule has 0 amide bonds. The number of amidine groups is 1. The predicted octanol–water partition coefficient (Wildman–Crippen LogP) is 1.80. The van der Waals surface area contributed by atoms with Gasteiger partial charge in [-0.1, -0.05) is 18.0 Å². The monoisotopic (exact) mass is 188 g/mol. The van der Waals surface area contributed by atoms with Gasteiger partial charge in [-0.05, 0) is 12.8 Å². The van der Waals surface area contributed by atoms with E-state index in [-0.39, 0.29) is 0 Å². The topological polar surface area (TPSA) is 58.6 Å². The van der Waals surface area contributed by atoms with E-state index in [1.807, 2.05) is 11.8 Å². The van der Waals surface area contributed by atoms with E-state index in [0.717, 1.165) is 11.0 Å². The third kappa shape index (κ3) is 3.34. The van der Waals surface area contributed by atoms with Crippen molar-refractivity contribution in [2.75, 3.05) is 5.75 Å². The van der Waals surface area contributed by atoms with Crippen molar-refractivity contribution < 1.29 is 5.21 Å². The van der Waals surface area contributed by atoms with Gasteiger partial charge in [-0.25, -0.2) is 0 Å². The Kier molecular flexibility index (Phi) is 4.29. The Morgan fingerprint density at radius 1 is 1.50 bits per heavy atom. The molecule has 1 rings (SSSR count). The standard InChI is InChI=1S/C8H16N2OS/c9-8(10-11)5-6-12-7-3-1-2-4-7/h7,11H,1-6H2,(H2,9,10). The fourth-order valence-electron chi connectivity index (χ4n) is 1.44. The second-order valence-electron chi connectivity index (χ2n) is 3.12. The zero-order valence-corrected chi connectivity index (χ0v) is 8.02. The molecular formula is C8H16N2OS. The molecule has 1 fully saturated rings. The molecule has 0 spiro atoms. The predicted molar refractivity (Wildman–Crippen MR) is 52.7 cm³/mol. The summed E-state index contributed by atoms with van der Waals surface area (Å²) >= 11 is 1.96. The van der Waals surface area contributed by atoms with Crippen molar-refractivity contribution in [3.05, 3.63) is 0 Å². The lowest BCUT2D eigenvalue weighted by atomic mass is 10.4. The van der Waals surface area contributed by atoms with Gasteiger partial charge in [0.25, 0.3) is 0 Å². The van der Waals surface area contributed by atoms with Crippen LogP contribution in [0.15, 0.2) is 5.16 Å². The second-order valence-corrected chi connectivity index (χ2v) is 4.53. The first-order valence-electron chi connectivity index (χ1n) is 4.41. The molecule has 0 aromatic carbocycles. The minimum Gasteiger partial charge on any atom is -0.409 e. The van der Waals surface area contributed by atoms with Gasteiger partial charge in [0.15, 0.2) is 0 Å². The average Bonchev–Trinajstić information content (AvgIpc) is 2.57. The first-order chi connectivity index (χ1) is 5.83. The molecule has 0 aromatic rings. The highest BCUT2D eigenvalue weighted by molar-refractivity contribution is 7.99. The molecule has 12 heavy (non-hydrogen) atoms. The molecule has 4 heteroatoms. The fraction of sp³-hybridized carbons (Fsp3) is 0.875. The number of nitrogens with two attached hydrogens (primary N) is 1. The van der Waals surface area contributed by atoms with Gasteiger partial charge in [0.2, 0.25) is 0 Å². The normalized spacial score (nSPS) is 20.2. The van der Waals surface area contributed by atoms with Crippen LogP contribution in [-0.2, 0) is 0 Å². The fourth-order valence-corrected chi connectivity index (χ4v) is 2.76. The van der Waals surface area contributed by atoms with E-state index in [9.17, 15) is 0 Å². The number of hydrogen-bond acceptors (Lipinski definition) is 3. The van der Waals surface area contributed by atoms with Gasteiger partial charge in [0, 0.05) is 17.4 Å². The molecule has 70 valence electrons. The van der Waals surface area contributed by atoms with Crippen molar-refractivity contribution in [2.24, 2.45) is 10.9 Å². The molecule has 1 aliphatic carbocycles. The molecule has 1 saturated carbocycles. The summed E-state index contributed by atoms with van der Waals surface area (Å²) in [4.78, 5) is 0. The Morgan fingerprint density at radius 3 is 2.75 bits per heavy atom. The summed E-state index contributed by atoms with van der Waals surface area (Å²) in [6.07, 6.45) is 6.15. The van der Waals surface area contributed by atoms with Crippen LogP contribution in [0.4, 0.5) is 0 Å². The molecule has 1 aliphatic rings. The zero-order chi connectivity index (χ0) is 8.81. The van der Waals surface area contributed by atoms with Crippen molar-refractivity contribution in [2.45, 2.75) is 37.4 Å². The smallest absolute Gasteiger partial charge is 0.139 e. The van der Waals surface area contributed by atoms with Gasteiger partial charge < -0.3 is 10.9 Å². The first kappa shape index (κ1) is 9.71. The molecule has 0 aromatic heterocycles. The maximum absolute atomic E-state index is 8.28. The van der Waals surface area contributed by atoms with E-state index < -0.39 is 0 Å². The number of oxime groups is 1. The van der Waals surface area contributed by atoms with E-state index in [4.69, 9.17) is 10.9 Å². The van der Waals surface area contributed by atoms with Gasteiger partial charge in [0.1, 0.15) is 5.84 Å². The van der Waals surface area contributed by atoms with Crippen LogP contribution in [0.2, 0.25) is 0 Å². The van der Waals surface area contributed by atoms with E-state index in [0.29, 0.717) is 12.3 Å². The van der Waals surface area contributed by atoms with Crippen LogP contribution in [0.5, 0.6) is 0 Å². The second kappa shape index (κ2) is 5.30. The van der Waals surface area contributed by atoms with Crippen molar-refractivity contribution in [3.63, 3.8) is 0 Å². The number of hydrogen-bond donors (Lipinski definition) is 2. The first-order valence-corrected chi connectivity index (χ1v) is 5.46. The Hall–Kier alpha value is -0.380. The van der Waals surface area contributed by atoms with Gasteiger partial charge in [-0.3, -0.25) is 0 Å². The largest absolute Gasteiger partial charge is 0.409 e. The van der Waals surface area contributed by atoms with E-state index >= 15 is 0 Å². The highest BCUT2D eigenvalue weighted by atomic mass is 32.2. The maximum Gasteiger partial charge on any atom is 0.139 e. The summed E-state index contributed by atoms with van der Waals surface area (Å²) in [5.74, 6) is 1.33. The lowest BCUT2D eigenvalue weighted by molar-refractivity contribution is 0.317. The minimum absolute atomic E-state index is 0.348. The van der Waals surface area contributed by atoms with Crippen LogP contribution in [0.1, 0.15) is 32.1 Å². The Labute approximate surface area is 77.4 Å². The number of rotatable bonds is 4. The SMILES string of the molecule is NC(CCSC1CCCC1)=NO. The highest BCUT2D eigenvalue weighted by Crippen LogP contribution is 2.29. The molecule has 3 nitrogen and oxygen atoms in total. The lowest BCUT2D eigenvalue weighted by Gasteiger charge is -2.06. The molecule has 0 bridgehead atoms. The van der Waals surface area contributed by atoms with Gasteiger partial charge in [0.05, 0.1) is 0 Å². The van der Waals surface area contributed by atoms with Crippen LogP contribution < -0.4 is 5.73 Å². The minimum atomic E-state index is 0.348. The number of thioether (sulfide) groups is 1. The van der Waals surface area contributed by atoms with Crippen LogP contribution in [0, 0.1) is 0 Å². The van der Waals surface area contributed by atoms with E-state index in [2.05, 4.69) is 5.16 Å². The molecule has 0 unspecified atom stereocenters. The van der Waals surface area contributed by atoms with Crippen LogP contribution in [0.25, 0.3) is 0 Å². The summed E-state index contributed by atoms with van der Waals surface area (Å²) < 4.78 is 0. The summed E-state index contributed by atoms with van der Waals surface area (Å²) in [5.41, 5.74) is 5.34. The molecule has 0 aliphatic heterocycles. The van der Waals surface area contributed by atoms with Crippen molar-refractivity contribution in [1.29, 1.82) is 0 Å². The van der Waals surface area contributed by atoms with Gasteiger partial charge >= 0.3 is 0 Å². The van der Waals surface area contributed by atoms with Gasteiger partial charge in [-0.2, -0.15) is 11.8 Å². The molecule has 3 N–H and O–H groups in total. The zero-order valence-electron chi connectivity index (χ0n) is 7.20. The van der Waals surface area contributed by atoms with E-state index in [1.54, 1.807) is 0 Å². The van der Waals surface area contributed by atoms with E-state index in [1.165, 1.54) is 25.7 Å². The Bertz CT molecular complexity index is 155. The number of nitrogens with zero attached hydrogens (tertiary/aromatic N) is 1. The molecule has 0 saturated heterocycles. The Morgan fingerprint density at radius 2 is 2.17 bits per heavy atom. The van der Waals surface area contributed by atoms with Gasteiger partial charge in [-0.15, -0.1) is 0 Å². The van der Waals surface area contributed by atoms with Crippen molar-refractivity contribution >= 4 is 17.6 Å². The summed E-state index contributed by atoms with van der Waals surface area (Å²) in [5, 5.41) is 12.0. The van der Waals surface area contributed by atoms with Crippen LogP contribution in [-0.4, -0.2) is 22.0 Å². The third-order valence-corrected chi connectivity index (χ3v) is 3.53. The van der Waals surface area contributed by atoms with Crippen molar-refractivity contribution in [3.8, 4) is 0 Å². The summed E-state index contributed by atoms with van der Waals surface area (Å²) in [6.45, 7) is 0. The lowest BCUT2D eigenvalue weighted by Crippen LogP contribution is -2.12. The molecule has 0 atom stereocenters. The van der Waals surface area contributed by atoms with Crippen molar-refractivity contribution in [1.82, 2.24) is 0 Å². The third-order valence-electron chi connectivity index (χ3n) is 2.14. The summed E-state index contributed by atoms with van der Waals surface area (Å²) in [6, 6.07) is 0. The average molecular weight is 188 g/mol. The maximum atomic E-state index is 8.28. The summed E-state index contributed by atoms with van der Waals surface area (Å²) in [7, 11) is 0. The van der Waals surface area contributed by atoms with Crippen LogP contribution in [0.3, 0.4) is 0 Å². The molecule has 0 radical (unpaired) electrons. The Balaban J connectivity index is 2.01. The molecule has 0 heterocycles. The quantitative estimate of drug-likeness (QED) is 0.306.